The van der Waals surface area contributed by atoms with Gasteiger partial charge in [0.2, 0.25) is 5.91 Å². The molecule has 2 heterocycles. The summed E-state index contributed by atoms with van der Waals surface area (Å²) in [4.78, 5) is 27.1. The number of piperazine rings is 1. The van der Waals surface area contributed by atoms with E-state index in [2.05, 4.69) is 10.4 Å². The van der Waals surface area contributed by atoms with Crippen LogP contribution >= 0.6 is 0 Å². The fourth-order valence-electron chi connectivity index (χ4n) is 3.15. The Morgan fingerprint density at radius 2 is 2.10 bits per heavy atom. The minimum Gasteiger partial charge on any atom is -0.340 e. The summed E-state index contributed by atoms with van der Waals surface area (Å²) in [5.74, 6) is 0.193. The van der Waals surface area contributed by atoms with Gasteiger partial charge < -0.3 is 5.32 Å². The molecule has 0 spiro atoms. The van der Waals surface area contributed by atoms with Crippen molar-refractivity contribution >= 4 is 17.5 Å². The van der Waals surface area contributed by atoms with Crippen LogP contribution in [0.5, 0.6) is 0 Å². The van der Waals surface area contributed by atoms with Crippen LogP contribution in [-0.2, 0) is 16.1 Å². The van der Waals surface area contributed by atoms with E-state index in [9.17, 15) is 9.59 Å². The third-order valence-electron chi connectivity index (χ3n) is 4.66. The molecule has 2 amide bonds. The molecule has 2 atom stereocenters. The van der Waals surface area contributed by atoms with Crippen molar-refractivity contribution in [1.82, 2.24) is 15.1 Å². The predicted octanol–water partition coefficient (Wildman–Crippen LogP) is 1.31. The summed E-state index contributed by atoms with van der Waals surface area (Å²) < 4.78 is 1.77. The molecule has 1 saturated heterocycles. The van der Waals surface area contributed by atoms with E-state index >= 15 is 0 Å². The lowest BCUT2D eigenvalue weighted by atomic mass is 9.88. The standard InChI is InChI=1S/C15H22N4O2/c1-4-12-13(20)17-15(3,10-6-7-10)14(21)19(12)11-8-16-18(5-2)9-11/h8-10,12H,4-7H2,1-3H3,(H,17,20). The molecule has 114 valence electrons. The summed E-state index contributed by atoms with van der Waals surface area (Å²) >= 11 is 0. The van der Waals surface area contributed by atoms with Crippen molar-refractivity contribution < 1.29 is 9.59 Å². The van der Waals surface area contributed by atoms with E-state index in [-0.39, 0.29) is 17.7 Å². The number of aromatic nitrogens is 2. The number of anilines is 1. The van der Waals surface area contributed by atoms with Crippen molar-refractivity contribution in [2.75, 3.05) is 4.90 Å². The lowest BCUT2D eigenvalue weighted by Gasteiger charge is -2.44. The summed E-state index contributed by atoms with van der Waals surface area (Å²) in [5, 5.41) is 7.21. The summed E-state index contributed by atoms with van der Waals surface area (Å²) in [5.41, 5.74) is -0.0488. The first-order chi connectivity index (χ1) is 10.0. The first-order valence-electron chi connectivity index (χ1n) is 7.69. The Balaban J connectivity index is 2.00. The fraction of sp³-hybridized carbons (Fsp3) is 0.667. The highest BCUT2D eigenvalue weighted by Crippen LogP contribution is 2.43. The average Bonchev–Trinajstić information content (AvgIpc) is 3.22. The van der Waals surface area contributed by atoms with Gasteiger partial charge in [-0.2, -0.15) is 5.10 Å². The van der Waals surface area contributed by atoms with Gasteiger partial charge in [0, 0.05) is 12.7 Å². The monoisotopic (exact) mass is 290 g/mol. The summed E-state index contributed by atoms with van der Waals surface area (Å²) in [6, 6.07) is -0.446. The molecule has 3 rings (SSSR count). The highest BCUT2D eigenvalue weighted by molar-refractivity contribution is 6.10. The van der Waals surface area contributed by atoms with Crippen molar-refractivity contribution in [2.24, 2.45) is 5.92 Å². The van der Waals surface area contributed by atoms with Gasteiger partial charge in [0.25, 0.3) is 5.91 Å². The Morgan fingerprint density at radius 3 is 2.62 bits per heavy atom. The number of nitrogens with one attached hydrogen (secondary N) is 1. The fourth-order valence-corrected chi connectivity index (χ4v) is 3.15. The number of nitrogens with zero attached hydrogens (tertiary/aromatic N) is 3. The zero-order chi connectivity index (χ0) is 15.2. The normalized spacial score (nSPS) is 29.7. The first-order valence-corrected chi connectivity index (χ1v) is 7.69. The molecule has 2 unspecified atom stereocenters. The Morgan fingerprint density at radius 1 is 1.38 bits per heavy atom. The Hall–Kier alpha value is -1.85. The number of carbonyl (C=O) groups is 2. The maximum atomic E-state index is 13.0. The Kier molecular flexibility index (Phi) is 3.26. The van der Waals surface area contributed by atoms with E-state index in [4.69, 9.17) is 0 Å². The van der Waals surface area contributed by atoms with Crippen molar-refractivity contribution in [3.63, 3.8) is 0 Å². The van der Waals surface area contributed by atoms with Gasteiger partial charge in [-0.15, -0.1) is 0 Å². The van der Waals surface area contributed by atoms with Gasteiger partial charge in [-0.25, -0.2) is 0 Å². The van der Waals surface area contributed by atoms with E-state index in [1.165, 1.54) is 0 Å². The summed E-state index contributed by atoms with van der Waals surface area (Å²) in [7, 11) is 0. The second-order valence-electron chi connectivity index (χ2n) is 6.12. The molecule has 1 aromatic heterocycles. The molecular formula is C15H22N4O2. The van der Waals surface area contributed by atoms with Crippen LogP contribution in [0.25, 0.3) is 0 Å². The molecular weight excluding hydrogens is 268 g/mol. The zero-order valence-electron chi connectivity index (χ0n) is 12.8. The van der Waals surface area contributed by atoms with Crippen LogP contribution in [0, 0.1) is 5.92 Å². The van der Waals surface area contributed by atoms with Crippen molar-refractivity contribution in [1.29, 1.82) is 0 Å². The molecule has 1 aromatic rings. The summed E-state index contributed by atoms with van der Waals surface area (Å²) in [6.07, 6.45) is 6.11. The van der Waals surface area contributed by atoms with Crippen LogP contribution in [0.15, 0.2) is 12.4 Å². The van der Waals surface area contributed by atoms with Gasteiger partial charge in [-0.3, -0.25) is 19.2 Å². The van der Waals surface area contributed by atoms with Crippen LogP contribution in [0.2, 0.25) is 0 Å². The van der Waals surface area contributed by atoms with E-state index in [0.717, 1.165) is 25.1 Å². The number of aryl methyl sites for hydroxylation is 1. The minimum absolute atomic E-state index is 0.00731. The van der Waals surface area contributed by atoms with Gasteiger partial charge in [0.05, 0.1) is 11.9 Å². The molecule has 1 N–H and O–H groups in total. The maximum Gasteiger partial charge on any atom is 0.253 e. The molecule has 6 heteroatoms. The molecule has 0 aromatic carbocycles. The molecule has 0 bridgehead atoms. The molecule has 21 heavy (non-hydrogen) atoms. The van der Waals surface area contributed by atoms with E-state index in [1.54, 1.807) is 15.8 Å². The summed E-state index contributed by atoms with van der Waals surface area (Å²) in [6.45, 7) is 6.51. The van der Waals surface area contributed by atoms with Gasteiger partial charge >= 0.3 is 0 Å². The minimum atomic E-state index is -0.767. The van der Waals surface area contributed by atoms with Crippen molar-refractivity contribution in [2.45, 2.75) is 58.2 Å². The third kappa shape index (κ3) is 2.13. The van der Waals surface area contributed by atoms with Crippen LogP contribution in [-0.4, -0.2) is 33.2 Å². The van der Waals surface area contributed by atoms with E-state index in [1.807, 2.05) is 27.0 Å². The third-order valence-corrected chi connectivity index (χ3v) is 4.66. The van der Waals surface area contributed by atoms with Crippen LogP contribution < -0.4 is 10.2 Å². The van der Waals surface area contributed by atoms with E-state index in [0.29, 0.717) is 6.42 Å². The highest BCUT2D eigenvalue weighted by Gasteiger charge is 2.55. The highest BCUT2D eigenvalue weighted by atomic mass is 16.2. The second kappa shape index (κ2) is 4.86. The lowest BCUT2D eigenvalue weighted by molar-refractivity contribution is -0.138. The van der Waals surface area contributed by atoms with E-state index < -0.39 is 11.6 Å². The van der Waals surface area contributed by atoms with Gasteiger partial charge in [-0.1, -0.05) is 6.92 Å². The SMILES string of the molecule is CCC1C(=O)NC(C)(C2CC2)C(=O)N1c1cnn(CC)c1. The topological polar surface area (TPSA) is 67.2 Å². The average molecular weight is 290 g/mol. The maximum absolute atomic E-state index is 13.0. The Bertz CT molecular complexity index is 578. The second-order valence-corrected chi connectivity index (χ2v) is 6.12. The Labute approximate surface area is 124 Å². The largest absolute Gasteiger partial charge is 0.340 e. The molecule has 2 fully saturated rings. The molecule has 1 aliphatic carbocycles. The number of amides is 2. The van der Waals surface area contributed by atoms with Gasteiger partial charge in [0.15, 0.2) is 0 Å². The molecule has 0 radical (unpaired) electrons. The molecule has 1 saturated carbocycles. The predicted molar refractivity (Wildman–Crippen MR) is 78.7 cm³/mol. The lowest BCUT2D eigenvalue weighted by Crippen LogP contribution is -2.70. The van der Waals surface area contributed by atoms with Gasteiger partial charge in [-0.05, 0) is 39.0 Å². The number of hydrogen-bond acceptors (Lipinski definition) is 3. The van der Waals surface area contributed by atoms with Gasteiger partial charge in [0.1, 0.15) is 11.6 Å². The quantitative estimate of drug-likeness (QED) is 0.909. The van der Waals surface area contributed by atoms with Crippen LogP contribution in [0.1, 0.15) is 40.0 Å². The number of hydrogen-bond donors (Lipinski definition) is 1. The van der Waals surface area contributed by atoms with Crippen molar-refractivity contribution in [3.8, 4) is 0 Å². The first kappa shape index (κ1) is 14.1. The zero-order valence-corrected chi connectivity index (χ0v) is 12.8. The van der Waals surface area contributed by atoms with Crippen molar-refractivity contribution in [3.05, 3.63) is 12.4 Å². The number of rotatable bonds is 4. The van der Waals surface area contributed by atoms with Crippen LogP contribution in [0.3, 0.4) is 0 Å². The molecule has 2 aliphatic rings. The van der Waals surface area contributed by atoms with Crippen LogP contribution in [0.4, 0.5) is 5.69 Å². The molecule has 1 aliphatic heterocycles. The number of carbonyl (C=O) groups excluding carboxylic acids is 2. The smallest absolute Gasteiger partial charge is 0.253 e. The molecule has 6 nitrogen and oxygen atoms in total.